The molecule has 1 aromatic heterocycles. The molecule has 0 saturated heterocycles. The van der Waals surface area contributed by atoms with Crippen LogP contribution in [0.3, 0.4) is 0 Å². The Morgan fingerprint density at radius 3 is 2.68 bits per heavy atom. The van der Waals surface area contributed by atoms with Gasteiger partial charge in [0.1, 0.15) is 5.82 Å². The Balaban J connectivity index is 2.58. The van der Waals surface area contributed by atoms with Gasteiger partial charge in [0, 0.05) is 11.8 Å². The number of esters is 1. The number of nitrogens with two attached hydrogens (primary N) is 2. The van der Waals surface area contributed by atoms with Crippen LogP contribution in [0.15, 0.2) is 30.5 Å². The lowest BCUT2D eigenvalue weighted by atomic mass is 9.99. The summed E-state index contributed by atoms with van der Waals surface area (Å²) < 4.78 is 4.75. The molecule has 0 bridgehead atoms. The highest BCUT2D eigenvalue weighted by Crippen LogP contribution is 2.30. The molecule has 1 aromatic carbocycles. The Morgan fingerprint density at radius 1 is 1.26 bits per heavy atom. The van der Waals surface area contributed by atoms with Gasteiger partial charge in [-0.05, 0) is 30.2 Å². The molecule has 1 heterocycles. The van der Waals surface area contributed by atoms with E-state index in [1.165, 1.54) is 7.11 Å². The van der Waals surface area contributed by atoms with Crippen molar-refractivity contribution in [1.82, 2.24) is 4.98 Å². The fraction of sp³-hybridized carbons (Fsp3) is 0.143. The van der Waals surface area contributed by atoms with Crippen molar-refractivity contribution in [3.63, 3.8) is 0 Å². The van der Waals surface area contributed by atoms with E-state index >= 15 is 0 Å². The first-order valence-electron chi connectivity index (χ1n) is 5.74. The molecule has 2 aromatic rings. The van der Waals surface area contributed by atoms with Crippen LogP contribution in [0.4, 0.5) is 11.5 Å². The van der Waals surface area contributed by atoms with E-state index in [1.807, 2.05) is 19.1 Å². The Bertz CT molecular complexity index is 639. The van der Waals surface area contributed by atoms with Crippen LogP contribution in [0.25, 0.3) is 11.1 Å². The summed E-state index contributed by atoms with van der Waals surface area (Å²) in [6.07, 6.45) is 1.58. The summed E-state index contributed by atoms with van der Waals surface area (Å²) in [5, 5.41) is 0. The molecule has 0 unspecified atom stereocenters. The molecular weight excluding hydrogens is 242 g/mol. The third-order valence-electron chi connectivity index (χ3n) is 2.97. The van der Waals surface area contributed by atoms with Crippen molar-refractivity contribution in [3.8, 4) is 11.1 Å². The third-order valence-corrected chi connectivity index (χ3v) is 2.97. The minimum atomic E-state index is -0.375. The van der Waals surface area contributed by atoms with Gasteiger partial charge in [-0.1, -0.05) is 12.1 Å². The molecule has 0 atom stereocenters. The van der Waals surface area contributed by atoms with E-state index in [2.05, 4.69) is 4.98 Å². The molecule has 0 saturated carbocycles. The van der Waals surface area contributed by atoms with E-state index in [0.29, 0.717) is 11.3 Å². The molecule has 0 aliphatic carbocycles. The summed E-state index contributed by atoms with van der Waals surface area (Å²) in [4.78, 5) is 15.6. The van der Waals surface area contributed by atoms with Crippen LogP contribution in [0.2, 0.25) is 0 Å². The molecule has 5 heteroatoms. The van der Waals surface area contributed by atoms with Crippen LogP contribution in [-0.4, -0.2) is 18.1 Å². The number of carbonyl (C=O) groups is 1. The van der Waals surface area contributed by atoms with Crippen LogP contribution < -0.4 is 11.5 Å². The van der Waals surface area contributed by atoms with Crippen LogP contribution in [0.1, 0.15) is 15.9 Å². The van der Waals surface area contributed by atoms with Gasteiger partial charge in [0.2, 0.25) is 0 Å². The Kier molecular flexibility index (Phi) is 3.37. The van der Waals surface area contributed by atoms with Crippen LogP contribution >= 0.6 is 0 Å². The molecule has 0 fully saturated rings. The number of methoxy groups -OCH3 is 1. The van der Waals surface area contributed by atoms with Crippen molar-refractivity contribution in [2.45, 2.75) is 6.92 Å². The minimum absolute atomic E-state index is 0.276. The molecule has 0 amide bonds. The highest BCUT2D eigenvalue weighted by molar-refractivity contribution is 5.93. The summed E-state index contributed by atoms with van der Waals surface area (Å²) in [5.74, 6) is -0.0994. The number of carbonyl (C=O) groups excluding carboxylic acids is 1. The average molecular weight is 257 g/mol. The molecule has 4 N–H and O–H groups in total. The molecule has 0 spiro atoms. The van der Waals surface area contributed by atoms with Crippen molar-refractivity contribution in [1.29, 1.82) is 0 Å². The van der Waals surface area contributed by atoms with E-state index in [-0.39, 0.29) is 11.8 Å². The van der Waals surface area contributed by atoms with Gasteiger partial charge >= 0.3 is 5.97 Å². The van der Waals surface area contributed by atoms with Crippen molar-refractivity contribution < 1.29 is 9.53 Å². The standard InChI is InChI=1S/C14H15N3O2/c1-8-3-4-9(7-11(8)14(18)19-2)10-5-6-17-13(16)12(10)15/h3-7H,15H2,1-2H3,(H2,16,17). The zero-order chi connectivity index (χ0) is 14.0. The smallest absolute Gasteiger partial charge is 0.338 e. The lowest BCUT2D eigenvalue weighted by Crippen LogP contribution is -2.04. The number of ether oxygens (including phenoxy) is 1. The number of aromatic nitrogens is 1. The van der Waals surface area contributed by atoms with Gasteiger partial charge in [-0.15, -0.1) is 0 Å². The highest BCUT2D eigenvalue weighted by Gasteiger charge is 2.12. The topological polar surface area (TPSA) is 91.2 Å². The number of pyridine rings is 1. The van der Waals surface area contributed by atoms with Crippen molar-refractivity contribution in [3.05, 3.63) is 41.6 Å². The Morgan fingerprint density at radius 2 is 2.00 bits per heavy atom. The van der Waals surface area contributed by atoms with Crippen LogP contribution in [-0.2, 0) is 4.74 Å². The molecule has 2 rings (SSSR count). The van der Waals surface area contributed by atoms with Gasteiger partial charge in [0.15, 0.2) is 0 Å². The number of anilines is 2. The van der Waals surface area contributed by atoms with E-state index in [1.54, 1.807) is 18.3 Å². The number of rotatable bonds is 2. The van der Waals surface area contributed by atoms with Crippen molar-refractivity contribution in [2.24, 2.45) is 0 Å². The zero-order valence-electron chi connectivity index (χ0n) is 10.8. The van der Waals surface area contributed by atoms with Crippen LogP contribution in [0.5, 0.6) is 0 Å². The molecule has 0 aliphatic rings. The van der Waals surface area contributed by atoms with E-state index in [4.69, 9.17) is 16.2 Å². The molecule has 0 aliphatic heterocycles. The summed E-state index contributed by atoms with van der Waals surface area (Å²) in [5.41, 5.74) is 14.9. The quantitative estimate of drug-likeness (QED) is 0.803. The Hall–Kier alpha value is -2.56. The summed E-state index contributed by atoms with van der Waals surface area (Å²) in [6, 6.07) is 7.23. The molecule has 5 nitrogen and oxygen atoms in total. The maximum atomic E-state index is 11.7. The van der Waals surface area contributed by atoms with E-state index in [0.717, 1.165) is 16.7 Å². The van der Waals surface area contributed by atoms with Crippen molar-refractivity contribution >= 4 is 17.5 Å². The summed E-state index contributed by atoms with van der Waals surface area (Å²) in [7, 11) is 1.35. The second-order valence-electron chi connectivity index (χ2n) is 4.18. The van der Waals surface area contributed by atoms with Crippen molar-refractivity contribution in [2.75, 3.05) is 18.6 Å². The fourth-order valence-electron chi connectivity index (χ4n) is 1.86. The van der Waals surface area contributed by atoms with Gasteiger partial charge < -0.3 is 16.2 Å². The molecule has 98 valence electrons. The second-order valence-corrected chi connectivity index (χ2v) is 4.18. The predicted octanol–water partition coefficient (Wildman–Crippen LogP) is 2.01. The first kappa shape index (κ1) is 12.9. The first-order chi connectivity index (χ1) is 9.04. The zero-order valence-corrected chi connectivity index (χ0v) is 10.8. The maximum absolute atomic E-state index is 11.7. The Labute approximate surface area is 111 Å². The summed E-state index contributed by atoms with van der Waals surface area (Å²) in [6.45, 7) is 1.85. The largest absolute Gasteiger partial charge is 0.465 e. The van der Waals surface area contributed by atoms with Gasteiger partial charge in [-0.25, -0.2) is 9.78 Å². The fourth-order valence-corrected chi connectivity index (χ4v) is 1.86. The van der Waals surface area contributed by atoms with Crippen LogP contribution in [0, 0.1) is 6.92 Å². The van der Waals surface area contributed by atoms with Gasteiger partial charge in [0.05, 0.1) is 18.4 Å². The number of hydrogen-bond acceptors (Lipinski definition) is 5. The molecule has 0 radical (unpaired) electrons. The number of nitrogen functional groups attached to an aromatic ring is 2. The van der Waals surface area contributed by atoms with E-state index < -0.39 is 0 Å². The lowest BCUT2D eigenvalue weighted by Gasteiger charge is -2.10. The van der Waals surface area contributed by atoms with E-state index in [9.17, 15) is 4.79 Å². The van der Waals surface area contributed by atoms with Gasteiger partial charge in [-0.3, -0.25) is 0 Å². The molecule has 19 heavy (non-hydrogen) atoms. The maximum Gasteiger partial charge on any atom is 0.338 e. The predicted molar refractivity (Wildman–Crippen MR) is 74.6 cm³/mol. The third kappa shape index (κ3) is 2.35. The lowest BCUT2D eigenvalue weighted by molar-refractivity contribution is 0.0600. The monoisotopic (exact) mass is 257 g/mol. The van der Waals surface area contributed by atoms with Gasteiger partial charge in [0.25, 0.3) is 0 Å². The number of benzene rings is 1. The number of aryl methyl sites for hydroxylation is 1. The highest BCUT2D eigenvalue weighted by atomic mass is 16.5. The summed E-state index contributed by atoms with van der Waals surface area (Å²) >= 11 is 0. The van der Waals surface area contributed by atoms with Gasteiger partial charge in [-0.2, -0.15) is 0 Å². The number of hydrogen-bond donors (Lipinski definition) is 2. The SMILES string of the molecule is COC(=O)c1cc(-c2ccnc(N)c2N)ccc1C. The average Bonchev–Trinajstić information content (AvgIpc) is 2.42. The minimum Gasteiger partial charge on any atom is -0.465 e. The normalized spacial score (nSPS) is 10.2. The molecular formula is C14H15N3O2. The second kappa shape index (κ2) is 4.97. The number of nitrogens with zero attached hydrogens (tertiary/aromatic N) is 1. The first-order valence-corrected chi connectivity index (χ1v) is 5.74.